The summed E-state index contributed by atoms with van der Waals surface area (Å²) in [5.41, 5.74) is 0.777. The molecule has 2 amide bonds. The zero-order valence-electron chi connectivity index (χ0n) is 20.9. The van der Waals surface area contributed by atoms with Crippen molar-refractivity contribution in [1.82, 2.24) is 9.80 Å². The van der Waals surface area contributed by atoms with Crippen LogP contribution in [0.5, 0.6) is 0 Å². The first-order valence-corrected chi connectivity index (χ1v) is 11.4. The Morgan fingerprint density at radius 1 is 1.09 bits per heavy atom. The van der Waals surface area contributed by atoms with Gasteiger partial charge in [-0.15, -0.1) is 0 Å². The first kappa shape index (κ1) is 24.6. The van der Waals surface area contributed by atoms with Gasteiger partial charge in [-0.1, -0.05) is 17.7 Å². The highest BCUT2D eigenvalue weighted by atomic mass is 16.7. The quantitative estimate of drug-likeness (QED) is 0.655. The van der Waals surface area contributed by atoms with Crippen LogP contribution in [-0.2, 0) is 14.0 Å². The van der Waals surface area contributed by atoms with Gasteiger partial charge in [0.15, 0.2) is 0 Å². The van der Waals surface area contributed by atoms with Crippen LogP contribution in [0.1, 0.15) is 71.3 Å². The summed E-state index contributed by atoms with van der Waals surface area (Å²) in [7, 11) is -0.611. The standard InChI is InChI=1S/C24H37BN2O5/c1-16-11-10-12-18(19(16)25-31-23(6,7)24(8,9)32-25)20(28)26-13-14-27(17(2)15-26)21(29)30-22(3,4)5/h10-12,17H,13-15H2,1-9H3. The zero-order chi connectivity index (χ0) is 24.1. The van der Waals surface area contributed by atoms with E-state index >= 15 is 0 Å². The fraction of sp³-hybridized carbons (Fsp3) is 0.667. The molecule has 32 heavy (non-hydrogen) atoms. The Labute approximate surface area is 192 Å². The molecular formula is C24H37BN2O5. The first-order chi connectivity index (χ1) is 14.6. The van der Waals surface area contributed by atoms with E-state index < -0.39 is 23.9 Å². The van der Waals surface area contributed by atoms with Crippen LogP contribution < -0.4 is 5.46 Å². The molecule has 0 bridgehead atoms. The number of benzene rings is 1. The van der Waals surface area contributed by atoms with Crippen LogP contribution >= 0.6 is 0 Å². The van der Waals surface area contributed by atoms with Gasteiger partial charge in [0.1, 0.15) is 5.60 Å². The van der Waals surface area contributed by atoms with Crippen molar-refractivity contribution in [2.24, 2.45) is 0 Å². The van der Waals surface area contributed by atoms with Crippen molar-refractivity contribution in [3.63, 3.8) is 0 Å². The number of nitrogens with zero attached hydrogens (tertiary/aromatic N) is 2. The molecule has 176 valence electrons. The third-order valence-electron chi connectivity index (χ3n) is 6.59. The van der Waals surface area contributed by atoms with E-state index in [0.717, 1.165) is 11.0 Å². The van der Waals surface area contributed by atoms with Gasteiger partial charge in [0.25, 0.3) is 5.91 Å². The van der Waals surface area contributed by atoms with E-state index in [9.17, 15) is 9.59 Å². The highest BCUT2D eigenvalue weighted by Gasteiger charge is 2.53. The van der Waals surface area contributed by atoms with Gasteiger partial charge in [-0.2, -0.15) is 0 Å². The molecule has 2 aliphatic heterocycles. The fourth-order valence-corrected chi connectivity index (χ4v) is 4.05. The van der Waals surface area contributed by atoms with Gasteiger partial charge in [0, 0.05) is 31.2 Å². The van der Waals surface area contributed by atoms with Gasteiger partial charge in [-0.05, 0) is 73.8 Å². The number of hydrogen-bond acceptors (Lipinski definition) is 5. The second-order valence-corrected chi connectivity index (χ2v) is 10.9. The van der Waals surface area contributed by atoms with Crippen molar-refractivity contribution < 1.29 is 23.6 Å². The van der Waals surface area contributed by atoms with Crippen molar-refractivity contribution in [2.45, 2.75) is 85.2 Å². The van der Waals surface area contributed by atoms with E-state index in [4.69, 9.17) is 14.0 Å². The molecule has 1 aromatic carbocycles. The molecule has 2 fully saturated rings. The number of aryl methyl sites for hydroxylation is 1. The zero-order valence-corrected chi connectivity index (χ0v) is 20.9. The van der Waals surface area contributed by atoms with Gasteiger partial charge in [0.05, 0.1) is 11.2 Å². The van der Waals surface area contributed by atoms with Crippen molar-refractivity contribution >= 4 is 24.6 Å². The number of hydrogen-bond donors (Lipinski definition) is 0. The van der Waals surface area contributed by atoms with Crippen LogP contribution in [0.2, 0.25) is 0 Å². The minimum absolute atomic E-state index is 0.0749. The second kappa shape index (κ2) is 8.38. The molecule has 0 N–H and O–H groups in total. The van der Waals surface area contributed by atoms with Crippen molar-refractivity contribution in [3.8, 4) is 0 Å². The average Bonchev–Trinajstić information content (AvgIpc) is 2.86. The summed E-state index contributed by atoms with van der Waals surface area (Å²) >= 11 is 0. The molecule has 1 unspecified atom stereocenters. The van der Waals surface area contributed by atoms with Gasteiger partial charge in [-0.3, -0.25) is 4.79 Å². The highest BCUT2D eigenvalue weighted by molar-refractivity contribution is 6.64. The molecule has 1 aromatic rings. The van der Waals surface area contributed by atoms with Crippen LogP contribution in [-0.4, -0.2) is 71.4 Å². The third-order valence-corrected chi connectivity index (χ3v) is 6.59. The third kappa shape index (κ3) is 4.81. The number of carbonyl (C=O) groups is 2. The van der Waals surface area contributed by atoms with Crippen LogP contribution in [0.15, 0.2) is 18.2 Å². The van der Waals surface area contributed by atoms with Gasteiger partial charge >= 0.3 is 13.2 Å². The second-order valence-electron chi connectivity index (χ2n) is 10.9. The Bertz CT molecular complexity index is 877. The molecule has 0 spiro atoms. The molecule has 2 aliphatic rings. The molecular weight excluding hydrogens is 407 g/mol. The average molecular weight is 444 g/mol. The van der Waals surface area contributed by atoms with Crippen molar-refractivity contribution in [3.05, 3.63) is 29.3 Å². The molecule has 0 aromatic heterocycles. The van der Waals surface area contributed by atoms with Crippen LogP contribution in [0.25, 0.3) is 0 Å². The number of carbonyl (C=O) groups excluding carboxylic acids is 2. The SMILES string of the molecule is Cc1cccc(C(=O)N2CCN(C(=O)OC(C)(C)C)C(C)C2)c1B1OC(C)(C)C(C)(C)O1. The van der Waals surface area contributed by atoms with Gasteiger partial charge in [-0.25, -0.2) is 4.79 Å². The Morgan fingerprint density at radius 2 is 1.69 bits per heavy atom. The molecule has 2 saturated heterocycles. The van der Waals surface area contributed by atoms with Gasteiger partial charge < -0.3 is 23.8 Å². The number of ether oxygens (including phenoxy) is 1. The number of rotatable bonds is 2. The molecule has 3 rings (SSSR count). The van der Waals surface area contributed by atoms with E-state index in [1.54, 1.807) is 9.80 Å². The Hall–Kier alpha value is -2.06. The highest BCUT2D eigenvalue weighted by Crippen LogP contribution is 2.37. The molecule has 0 radical (unpaired) electrons. The maximum Gasteiger partial charge on any atom is 0.495 e. The molecule has 7 nitrogen and oxygen atoms in total. The summed E-state index contributed by atoms with van der Waals surface area (Å²) in [6, 6.07) is 5.55. The first-order valence-electron chi connectivity index (χ1n) is 11.4. The van der Waals surface area contributed by atoms with E-state index in [-0.39, 0.29) is 18.0 Å². The largest absolute Gasteiger partial charge is 0.495 e. The van der Waals surface area contributed by atoms with E-state index in [0.29, 0.717) is 25.2 Å². The van der Waals surface area contributed by atoms with Crippen molar-refractivity contribution in [2.75, 3.05) is 19.6 Å². The summed E-state index contributed by atoms with van der Waals surface area (Å²) in [5.74, 6) is -0.0749. The maximum atomic E-state index is 13.6. The smallest absolute Gasteiger partial charge is 0.444 e. The summed E-state index contributed by atoms with van der Waals surface area (Å²) in [6.45, 7) is 18.8. The lowest BCUT2D eigenvalue weighted by Gasteiger charge is -2.40. The van der Waals surface area contributed by atoms with E-state index in [1.807, 2.05) is 80.5 Å². The molecule has 1 atom stereocenters. The monoisotopic (exact) mass is 444 g/mol. The van der Waals surface area contributed by atoms with E-state index in [2.05, 4.69) is 0 Å². The number of piperazine rings is 1. The van der Waals surface area contributed by atoms with E-state index in [1.165, 1.54) is 0 Å². The molecule has 0 aliphatic carbocycles. The summed E-state index contributed by atoms with van der Waals surface area (Å²) in [4.78, 5) is 29.6. The lowest BCUT2D eigenvalue weighted by Crippen LogP contribution is -2.57. The summed E-state index contributed by atoms with van der Waals surface area (Å²) < 4.78 is 18.0. The molecule has 0 saturated carbocycles. The Kier molecular flexibility index (Phi) is 6.44. The Balaban J connectivity index is 1.80. The topological polar surface area (TPSA) is 68.3 Å². The summed E-state index contributed by atoms with van der Waals surface area (Å²) in [6.07, 6.45) is -0.342. The van der Waals surface area contributed by atoms with Gasteiger partial charge in [0.2, 0.25) is 0 Å². The minimum Gasteiger partial charge on any atom is -0.444 e. The number of amides is 2. The lowest BCUT2D eigenvalue weighted by atomic mass is 9.73. The van der Waals surface area contributed by atoms with Crippen molar-refractivity contribution in [1.29, 1.82) is 0 Å². The molecule has 2 heterocycles. The fourth-order valence-electron chi connectivity index (χ4n) is 4.05. The van der Waals surface area contributed by atoms with Crippen LogP contribution in [0.4, 0.5) is 4.79 Å². The van der Waals surface area contributed by atoms with Crippen LogP contribution in [0, 0.1) is 6.92 Å². The lowest BCUT2D eigenvalue weighted by molar-refractivity contribution is 0.00200. The van der Waals surface area contributed by atoms with Crippen LogP contribution in [0.3, 0.4) is 0 Å². The summed E-state index contributed by atoms with van der Waals surface area (Å²) in [5, 5.41) is 0. The predicted octanol–water partition coefficient (Wildman–Crippen LogP) is 3.38. The normalized spacial score (nSPS) is 22.8. The Morgan fingerprint density at radius 3 is 2.22 bits per heavy atom. The predicted molar refractivity (Wildman–Crippen MR) is 125 cm³/mol. The molecule has 8 heteroatoms. The minimum atomic E-state index is -0.611. The maximum absolute atomic E-state index is 13.6.